The lowest BCUT2D eigenvalue weighted by Gasteiger charge is -2.13. The normalized spacial score (nSPS) is 11.9. The minimum absolute atomic E-state index is 0.0723. The molecule has 30 heavy (non-hydrogen) atoms. The molecule has 0 aliphatic carbocycles. The fourth-order valence-electron chi connectivity index (χ4n) is 2.63. The first-order chi connectivity index (χ1) is 14.5. The van der Waals surface area contributed by atoms with E-state index in [2.05, 4.69) is 5.16 Å². The van der Waals surface area contributed by atoms with Crippen LogP contribution in [0.3, 0.4) is 0 Å². The van der Waals surface area contributed by atoms with Crippen molar-refractivity contribution in [3.8, 4) is 0 Å². The molecule has 2 aromatic rings. The van der Waals surface area contributed by atoms with Gasteiger partial charge in [-0.05, 0) is 25.1 Å². The molecule has 0 aromatic heterocycles. The molecule has 0 amide bonds. The summed E-state index contributed by atoms with van der Waals surface area (Å²) in [6, 6.07) is 11.3. The van der Waals surface area contributed by atoms with Crippen LogP contribution in [0.1, 0.15) is 23.6 Å². The molecular weight excluding hydrogens is 413 g/mol. The maximum atomic E-state index is 14.2. The largest absolute Gasteiger partial charge is 0.503 e. The molecular formula is C22H23ClFNO5. The molecule has 0 unspecified atom stereocenters. The Morgan fingerprint density at radius 1 is 1.13 bits per heavy atom. The Balaban J connectivity index is 2.34. The lowest BCUT2D eigenvalue weighted by Crippen LogP contribution is -2.13. The minimum atomic E-state index is -0.591. The van der Waals surface area contributed by atoms with Crippen LogP contribution >= 0.6 is 11.6 Å². The molecule has 0 heterocycles. The van der Waals surface area contributed by atoms with E-state index in [9.17, 15) is 9.18 Å². The number of halogens is 2. The van der Waals surface area contributed by atoms with Gasteiger partial charge < -0.3 is 19.0 Å². The van der Waals surface area contributed by atoms with Crippen LogP contribution in [-0.2, 0) is 30.4 Å². The lowest BCUT2D eigenvalue weighted by molar-refractivity contribution is -0.133. The topological polar surface area (TPSA) is 66.3 Å². The van der Waals surface area contributed by atoms with Gasteiger partial charge in [0.15, 0.2) is 0 Å². The first-order valence-corrected chi connectivity index (χ1v) is 9.51. The Morgan fingerprint density at radius 2 is 1.87 bits per heavy atom. The third-order valence-electron chi connectivity index (χ3n) is 4.06. The summed E-state index contributed by atoms with van der Waals surface area (Å²) in [6.45, 7) is 2.26. The van der Waals surface area contributed by atoms with Crippen LogP contribution in [0.25, 0.3) is 5.57 Å². The highest BCUT2D eigenvalue weighted by Crippen LogP contribution is 2.28. The van der Waals surface area contributed by atoms with Crippen molar-refractivity contribution in [2.45, 2.75) is 13.5 Å². The fourth-order valence-corrected chi connectivity index (χ4v) is 2.86. The average Bonchev–Trinajstić information content (AvgIpc) is 2.75. The van der Waals surface area contributed by atoms with Gasteiger partial charge in [0.25, 0.3) is 0 Å². The summed E-state index contributed by atoms with van der Waals surface area (Å²) in [5.74, 6) is -1.03. The van der Waals surface area contributed by atoms with E-state index < -0.39 is 11.8 Å². The number of oxime groups is 1. The Labute approximate surface area is 179 Å². The Hall–Kier alpha value is -2.90. The van der Waals surface area contributed by atoms with Crippen molar-refractivity contribution in [3.63, 3.8) is 0 Å². The molecule has 0 saturated carbocycles. The molecule has 2 rings (SSSR count). The van der Waals surface area contributed by atoms with Crippen molar-refractivity contribution >= 4 is 28.9 Å². The van der Waals surface area contributed by atoms with Gasteiger partial charge in [0.2, 0.25) is 0 Å². The molecule has 0 atom stereocenters. The van der Waals surface area contributed by atoms with Crippen LogP contribution < -0.4 is 0 Å². The Kier molecular flexibility index (Phi) is 9.31. The van der Waals surface area contributed by atoms with Gasteiger partial charge in [-0.15, -0.1) is 0 Å². The van der Waals surface area contributed by atoms with Crippen molar-refractivity contribution in [2.75, 3.05) is 27.4 Å². The van der Waals surface area contributed by atoms with Gasteiger partial charge in [-0.25, -0.2) is 9.18 Å². The van der Waals surface area contributed by atoms with E-state index in [1.165, 1.54) is 26.5 Å². The molecule has 0 spiro atoms. The molecule has 0 fully saturated rings. The number of methoxy groups -OCH3 is 2. The number of ether oxygens (including phenoxy) is 3. The van der Waals surface area contributed by atoms with Crippen LogP contribution in [0.15, 0.2) is 53.9 Å². The fraction of sp³-hybridized carbons (Fsp3) is 0.273. The number of esters is 1. The Morgan fingerprint density at radius 3 is 2.53 bits per heavy atom. The average molecular weight is 436 g/mol. The number of hydrogen-bond donors (Lipinski definition) is 0. The number of hydrogen-bond acceptors (Lipinski definition) is 6. The quantitative estimate of drug-likeness (QED) is 0.179. The Bertz CT molecular complexity index is 929. The molecule has 2 aromatic carbocycles. The van der Waals surface area contributed by atoms with Gasteiger partial charge >= 0.3 is 5.97 Å². The van der Waals surface area contributed by atoms with Crippen LogP contribution in [0.4, 0.5) is 4.39 Å². The van der Waals surface area contributed by atoms with Gasteiger partial charge in [0.1, 0.15) is 23.7 Å². The maximum absolute atomic E-state index is 14.2. The number of carbonyl (C=O) groups excluding carboxylic acids is 1. The molecule has 0 saturated heterocycles. The highest BCUT2D eigenvalue weighted by Gasteiger charge is 2.19. The summed E-state index contributed by atoms with van der Waals surface area (Å²) >= 11 is 6.33. The second-order valence-corrected chi connectivity index (χ2v) is 6.36. The SMILES string of the molecule is CCOC/C(=N\OCc1c(Cl)cccc1/C(=C\OC)C(=O)OC)c1ccccc1F. The van der Waals surface area contributed by atoms with E-state index in [4.69, 9.17) is 30.6 Å². The van der Waals surface area contributed by atoms with Crippen LogP contribution in [0.2, 0.25) is 5.02 Å². The van der Waals surface area contributed by atoms with Gasteiger partial charge in [-0.1, -0.05) is 41.0 Å². The van der Waals surface area contributed by atoms with Crippen LogP contribution in [0.5, 0.6) is 0 Å². The summed E-state index contributed by atoms with van der Waals surface area (Å²) < 4.78 is 29.4. The summed E-state index contributed by atoms with van der Waals surface area (Å²) in [5, 5.41) is 4.43. The van der Waals surface area contributed by atoms with Crippen molar-refractivity contribution in [2.24, 2.45) is 5.16 Å². The minimum Gasteiger partial charge on any atom is -0.503 e. The molecule has 0 radical (unpaired) electrons. The zero-order chi connectivity index (χ0) is 21.9. The number of carbonyl (C=O) groups is 1. The van der Waals surface area contributed by atoms with Crippen LogP contribution in [-0.4, -0.2) is 39.1 Å². The van der Waals surface area contributed by atoms with E-state index >= 15 is 0 Å². The smallest absolute Gasteiger partial charge is 0.341 e. The van der Waals surface area contributed by atoms with E-state index in [1.54, 1.807) is 36.4 Å². The second-order valence-electron chi connectivity index (χ2n) is 5.95. The van der Waals surface area contributed by atoms with Gasteiger partial charge in [0, 0.05) is 28.3 Å². The molecule has 6 nitrogen and oxygen atoms in total. The van der Waals surface area contributed by atoms with Crippen molar-refractivity contribution < 1.29 is 28.2 Å². The van der Waals surface area contributed by atoms with Crippen molar-refractivity contribution in [1.29, 1.82) is 0 Å². The summed E-state index contributed by atoms with van der Waals surface area (Å²) in [5.41, 5.74) is 1.72. The number of nitrogens with zero attached hydrogens (tertiary/aromatic N) is 1. The second kappa shape index (κ2) is 11.9. The summed E-state index contributed by atoms with van der Waals surface area (Å²) in [4.78, 5) is 17.6. The number of benzene rings is 2. The predicted molar refractivity (Wildman–Crippen MR) is 113 cm³/mol. The van der Waals surface area contributed by atoms with Gasteiger partial charge in [0.05, 0.1) is 27.1 Å². The molecule has 0 aliphatic heterocycles. The van der Waals surface area contributed by atoms with Gasteiger partial charge in [-0.2, -0.15) is 0 Å². The maximum Gasteiger partial charge on any atom is 0.341 e. The summed E-state index contributed by atoms with van der Waals surface area (Å²) in [7, 11) is 2.69. The molecule has 8 heteroatoms. The van der Waals surface area contributed by atoms with E-state index in [0.717, 1.165) is 0 Å². The molecule has 0 aliphatic rings. The van der Waals surface area contributed by atoms with E-state index in [-0.39, 0.29) is 24.4 Å². The first-order valence-electron chi connectivity index (χ1n) is 9.13. The van der Waals surface area contributed by atoms with E-state index in [0.29, 0.717) is 28.5 Å². The zero-order valence-corrected chi connectivity index (χ0v) is 17.7. The highest BCUT2D eigenvalue weighted by atomic mass is 35.5. The third kappa shape index (κ3) is 6.05. The van der Waals surface area contributed by atoms with Crippen molar-refractivity contribution in [1.82, 2.24) is 0 Å². The molecule has 0 N–H and O–H groups in total. The standard InChI is InChI=1S/C22H23ClFNO5/c1-4-29-14-21(16-8-5-6-11-20(16)24)25-30-13-17-15(9-7-10-19(17)23)18(12-27-2)22(26)28-3/h5-12H,4,13-14H2,1-3H3/b18-12+,25-21+. The lowest BCUT2D eigenvalue weighted by atomic mass is 10.0. The van der Waals surface area contributed by atoms with Crippen molar-refractivity contribution in [3.05, 3.63) is 76.3 Å². The third-order valence-corrected chi connectivity index (χ3v) is 4.42. The zero-order valence-electron chi connectivity index (χ0n) is 17.0. The highest BCUT2D eigenvalue weighted by molar-refractivity contribution is 6.32. The van der Waals surface area contributed by atoms with E-state index in [1.807, 2.05) is 6.92 Å². The molecule has 160 valence electrons. The predicted octanol–water partition coefficient (Wildman–Crippen LogP) is 4.60. The summed E-state index contributed by atoms with van der Waals surface area (Å²) in [6.07, 6.45) is 1.27. The van der Waals surface area contributed by atoms with Crippen LogP contribution in [0, 0.1) is 5.82 Å². The molecule has 0 bridgehead atoms. The first kappa shape index (κ1) is 23.4. The number of rotatable bonds is 10. The van der Waals surface area contributed by atoms with Gasteiger partial charge in [-0.3, -0.25) is 0 Å². The monoisotopic (exact) mass is 435 g/mol.